The molecule has 0 saturated carbocycles. The minimum absolute atomic E-state index is 0.179. The van der Waals surface area contributed by atoms with Gasteiger partial charge in [-0.1, -0.05) is 51.5 Å². The average Bonchev–Trinajstić information content (AvgIpc) is 4.07. The minimum Gasteiger partial charge on any atom is -0.392 e. The summed E-state index contributed by atoms with van der Waals surface area (Å²) >= 11 is 1.58. The van der Waals surface area contributed by atoms with Gasteiger partial charge in [0.15, 0.2) is 0 Å². The molecule has 2 saturated heterocycles. The number of aryl methyl sites for hydroxylation is 1. The van der Waals surface area contributed by atoms with Crippen molar-refractivity contribution < 1.29 is 43.0 Å². The number of unbranched alkanes of at least 4 members (excludes halogenated alkanes) is 2. The summed E-state index contributed by atoms with van der Waals surface area (Å²) in [4.78, 5) is 78.6. The van der Waals surface area contributed by atoms with E-state index in [0.29, 0.717) is 74.0 Å². The van der Waals surface area contributed by atoms with Crippen LogP contribution in [-0.2, 0) is 32.3 Å². The van der Waals surface area contributed by atoms with E-state index in [1.807, 2.05) is 57.5 Å². The zero-order chi connectivity index (χ0) is 48.7. The number of carbonyl (C=O) groups excluding carboxylic acids is 5. The number of anilines is 1. The number of hydrogen-bond acceptors (Lipinski definition) is 10. The second-order valence-corrected chi connectivity index (χ2v) is 19.6. The van der Waals surface area contributed by atoms with Crippen molar-refractivity contribution in [2.45, 2.75) is 110 Å². The number of thiazole rings is 1. The molecule has 5 atom stereocenters. The molecule has 4 heterocycles. The first kappa shape index (κ1) is 49.7. The maximum Gasteiger partial charge on any atom is 0.267 e. The van der Waals surface area contributed by atoms with Crippen LogP contribution in [0.4, 0.5) is 14.5 Å². The fourth-order valence-electron chi connectivity index (χ4n) is 8.90. The molecule has 362 valence electrons. The van der Waals surface area contributed by atoms with Gasteiger partial charge in [-0.2, -0.15) is 0 Å². The number of aliphatic hydroxyl groups is 2. The second-order valence-electron chi connectivity index (χ2n) is 18.7. The van der Waals surface area contributed by atoms with E-state index in [1.165, 1.54) is 0 Å². The molecule has 3 aromatic carbocycles. The van der Waals surface area contributed by atoms with Crippen molar-refractivity contribution in [2.75, 3.05) is 24.5 Å². The highest BCUT2D eigenvalue weighted by molar-refractivity contribution is 7.13. The fraction of sp³-hybridized carbons (Fsp3) is 0.440. The van der Waals surface area contributed by atoms with Crippen molar-refractivity contribution in [3.63, 3.8) is 0 Å². The highest BCUT2D eigenvalue weighted by Gasteiger charge is 2.43. The number of rotatable bonds is 17. The van der Waals surface area contributed by atoms with E-state index in [-0.39, 0.29) is 55.1 Å². The summed E-state index contributed by atoms with van der Waals surface area (Å²) < 4.78 is 27.3. The van der Waals surface area contributed by atoms with Gasteiger partial charge in [-0.25, -0.2) is 13.8 Å². The molecule has 0 bridgehead atoms. The number of H-pyrrole nitrogens is 1. The Balaban J connectivity index is 0.840. The van der Waals surface area contributed by atoms with Gasteiger partial charge in [-0.3, -0.25) is 24.0 Å². The van der Waals surface area contributed by atoms with E-state index in [1.54, 1.807) is 45.4 Å². The first-order chi connectivity index (χ1) is 32.5. The van der Waals surface area contributed by atoms with Crippen LogP contribution in [0.25, 0.3) is 21.3 Å². The summed E-state index contributed by atoms with van der Waals surface area (Å²) in [5.74, 6) is -4.56. The Labute approximate surface area is 398 Å². The molecule has 0 spiro atoms. The summed E-state index contributed by atoms with van der Waals surface area (Å²) in [6.45, 7) is 8.81. The van der Waals surface area contributed by atoms with Crippen molar-refractivity contribution >= 4 is 57.5 Å². The molecular weight excluding hydrogens is 895 g/mol. The number of nitrogens with one attached hydrogen (secondary N) is 5. The van der Waals surface area contributed by atoms with Crippen molar-refractivity contribution in [3.05, 3.63) is 106 Å². The van der Waals surface area contributed by atoms with Crippen molar-refractivity contribution in [1.29, 1.82) is 0 Å². The minimum atomic E-state index is -1.40. The average molecular weight is 955 g/mol. The summed E-state index contributed by atoms with van der Waals surface area (Å²) in [6.07, 6.45) is 0.834. The maximum absolute atomic E-state index is 14.0. The molecule has 0 aliphatic carbocycles. The van der Waals surface area contributed by atoms with Crippen LogP contribution < -0.4 is 26.2 Å². The highest BCUT2D eigenvalue weighted by Crippen LogP contribution is 2.32. The van der Waals surface area contributed by atoms with Gasteiger partial charge in [0.25, 0.3) is 5.91 Å². The number of halogens is 2. The van der Waals surface area contributed by atoms with Crippen LogP contribution >= 0.6 is 11.3 Å². The van der Waals surface area contributed by atoms with E-state index in [2.05, 4.69) is 31.2 Å². The van der Waals surface area contributed by atoms with Crippen molar-refractivity contribution in [1.82, 2.24) is 36.1 Å². The zero-order valence-electron chi connectivity index (χ0n) is 38.7. The van der Waals surface area contributed by atoms with Gasteiger partial charge < -0.3 is 46.3 Å². The smallest absolute Gasteiger partial charge is 0.267 e. The standard InChI is InChI=1S/C50H60F2N8O7S/c1-29-43(68-28-56-29)32-13-11-30(12-14-32)26-54-46(64)39-9-8-19-60(39)49(67)44(50(2,3)4)58-41(62)10-6-5-7-18-53-45(63)38-24-33-23-36(15-16-37(33)57-38)59-20-17-40(61)42(48(59)66)47(65)55-27-31-21-34(51)25-35(52)22-31/h11-16,21-25,28,39-40,42,44,48,57,61,66H,5-10,17-20,26-27H2,1-4H3,(H,53,63)(H,54,64)(H,55,65)(H,58,62)/t39-,40-,42?,44+,48?/m0/s1. The molecule has 0 radical (unpaired) electrons. The number of amides is 5. The predicted octanol–water partition coefficient (Wildman–Crippen LogP) is 5.83. The molecule has 7 rings (SSSR count). The summed E-state index contributed by atoms with van der Waals surface area (Å²) in [5, 5.41) is 34.0. The van der Waals surface area contributed by atoms with Crippen LogP contribution in [0, 0.1) is 29.9 Å². The molecule has 68 heavy (non-hydrogen) atoms. The van der Waals surface area contributed by atoms with Gasteiger partial charge in [-0.05, 0) is 97.5 Å². The third-order valence-corrected chi connectivity index (χ3v) is 13.6. The molecule has 15 nitrogen and oxygen atoms in total. The number of aromatic nitrogens is 2. The van der Waals surface area contributed by atoms with Crippen molar-refractivity contribution in [2.24, 2.45) is 11.3 Å². The summed E-state index contributed by atoms with van der Waals surface area (Å²) in [7, 11) is 0. The van der Waals surface area contributed by atoms with Crippen LogP contribution in [0.1, 0.15) is 93.0 Å². The number of benzene rings is 3. The van der Waals surface area contributed by atoms with Crippen LogP contribution in [0.5, 0.6) is 0 Å². The van der Waals surface area contributed by atoms with Crippen LogP contribution in [0.3, 0.4) is 0 Å². The molecular formula is C50H60F2N8O7S. The lowest BCUT2D eigenvalue weighted by molar-refractivity contribution is -0.143. The molecule has 18 heteroatoms. The lowest BCUT2D eigenvalue weighted by Gasteiger charge is -2.41. The number of likely N-dealkylation sites (tertiary alicyclic amines) is 1. The van der Waals surface area contributed by atoms with E-state index in [4.69, 9.17) is 0 Å². The Bertz CT molecular complexity index is 2590. The third-order valence-electron chi connectivity index (χ3n) is 12.6. The normalized spacial score (nSPS) is 18.9. The second kappa shape index (κ2) is 21.8. The Morgan fingerprint density at radius 2 is 1.57 bits per heavy atom. The maximum atomic E-state index is 14.0. The largest absolute Gasteiger partial charge is 0.392 e. The van der Waals surface area contributed by atoms with E-state index in [0.717, 1.165) is 39.9 Å². The topological polar surface area (TPSA) is 209 Å². The van der Waals surface area contributed by atoms with Gasteiger partial charge in [0.05, 0.1) is 22.2 Å². The number of aliphatic hydroxyl groups excluding tert-OH is 2. The summed E-state index contributed by atoms with van der Waals surface area (Å²) in [6, 6.07) is 16.4. The molecule has 2 aromatic heterocycles. The molecule has 5 amide bonds. The SMILES string of the molecule is Cc1ncsc1-c1ccc(CNC(=O)[C@@H]2CCCN2C(=O)[C@@H](NC(=O)CCCCCNC(=O)c2cc3cc(N4CC[C@H](O)C(C(=O)NCc5cc(F)cc(F)c5)C4O)ccc3[nH]2)C(C)(C)C)cc1. The van der Waals surface area contributed by atoms with Gasteiger partial charge >= 0.3 is 0 Å². The Morgan fingerprint density at radius 1 is 0.853 bits per heavy atom. The number of carbonyl (C=O) groups is 5. The van der Waals surface area contributed by atoms with Crippen LogP contribution in [0.15, 0.2) is 72.2 Å². The molecule has 7 N–H and O–H groups in total. The number of piperidine rings is 1. The van der Waals surface area contributed by atoms with Gasteiger partial charge in [0, 0.05) is 61.8 Å². The van der Waals surface area contributed by atoms with Crippen molar-refractivity contribution in [3.8, 4) is 10.4 Å². The van der Waals surface area contributed by atoms with Gasteiger partial charge in [-0.15, -0.1) is 11.3 Å². The molecule has 2 unspecified atom stereocenters. The monoisotopic (exact) mass is 954 g/mol. The Kier molecular flexibility index (Phi) is 15.9. The zero-order valence-corrected chi connectivity index (χ0v) is 39.6. The third kappa shape index (κ3) is 12.1. The number of hydrogen-bond donors (Lipinski definition) is 7. The first-order valence-electron chi connectivity index (χ1n) is 23.1. The van der Waals surface area contributed by atoms with Gasteiger partial charge in [0.2, 0.25) is 23.6 Å². The highest BCUT2D eigenvalue weighted by atomic mass is 32.1. The Morgan fingerprint density at radius 3 is 2.28 bits per heavy atom. The predicted molar refractivity (Wildman–Crippen MR) is 255 cm³/mol. The lowest BCUT2D eigenvalue weighted by Crippen LogP contribution is -2.57. The summed E-state index contributed by atoms with van der Waals surface area (Å²) in [5.41, 5.74) is 5.94. The molecule has 2 aliphatic rings. The Hall–Kier alpha value is -6.24. The lowest BCUT2D eigenvalue weighted by atomic mass is 9.85. The van der Waals surface area contributed by atoms with E-state index in [9.17, 15) is 43.0 Å². The van der Waals surface area contributed by atoms with Gasteiger partial charge in [0.1, 0.15) is 41.6 Å². The van der Waals surface area contributed by atoms with Crippen LogP contribution in [0.2, 0.25) is 0 Å². The van der Waals surface area contributed by atoms with E-state index >= 15 is 0 Å². The quantitative estimate of drug-likeness (QED) is 0.0559. The number of nitrogens with zero attached hydrogens (tertiary/aromatic N) is 3. The molecule has 5 aromatic rings. The van der Waals surface area contributed by atoms with E-state index < -0.39 is 53.3 Å². The fourth-order valence-corrected chi connectivity index (χ4v) is 9.72. The first-order valence-corrected chi connectivity index (χ1v) is 24.0. The molecule has 2 aliphatic heterocycles. The van der Waals surface area contributed by atoms with Crippen LogP contribution in [-0.4, -0.2) is 98.7 Å². The molecule has 2 fully saturated rings. The number of fused-ring (bicyclic) bond motifs is 1. The number of aromatic amines is 1.